The van der Waals surface area contributed by atoms with Crippen LogP contribution in [-0.4, -0.2) is 72.1 Å². The molecule has 0 spiro atoms. The molecule has 3 fully saturated rings. The van der Waals surface area contributed by atoms with Crippen molar-refractivity contribution in [3.63, 3.8) is 0 Å². The third kappa shape index (κ3) is 6.93. The van der Waals surface area contributed by atoms with Gasteiger partial charge in [0.1, 0.15) is 30.8 Å². The number of hydrogen-bond acceptors (Lipinski definition) is 9. The summed E-state index contributed by atoms with van der Waals surface area (Å²) < 4.78 is 16.7. The summed E-state index contributed by atoms with van der Waals surface area (Å²) in [5.41, 5.74) is 4.50. The van der Waals surface area contributed by atoms with Crippen molar-refractivity contribution in [2.75, 3.05) is 31.2 Å². The van der Waals surface area contributed by atoms with Crippen LogP contribution in [0.25, 0.3) is 0 Å². The van der Waals surface area contributed by atoms with Crippen LogP contribution in [-0.2, 0) is 19.1 Å². The lowest BCUT2D eigenvalue weighted by Crippen LogP contribution is -2.46. The van der Waals surface area contributed by atoms with Crippen molar-refractivity contribution in [2.45, 2.75) is 57.1 Å². The normalized spacial score (nSPS) is 20.5. The largest absolute Gasteiger partial charge is 0.491 e. The van der Waals surface area contributed by atoms with Gasteiger partial charge in [-0.25, -0.2) is 9.78 Å². The molecule has 2 saturated heterocycles. The van der Waals surface area contributed by atoms with Gasteiger partial charge >= 0.3 is 11.9 Å². The van der Waals surface area contributed by atoms with Crippen LogP contribution < -0.4 is 9.64 Å². The van der Waals surface area contributed by atoms with Crippen molar-refractivity contribution in [1.82, 2.24) is 9.88 Å². The number of hydrogen-bond donors (Lipinski definition) is 0. The van der Waals surface area contributed by atoms with Crippen molar-refractivity contribution in [1.29, 1.82) is 0 Å². The molecule has 3 aromatic rings. The number of aromatic nitrogens is 1. The predicted octanol–water partition coefficient (Wildman–Crippen LogP) is 4.85. The van der Waals surface area contributed by atoms with Crippen LogP contribution in [0, 0.1) is 5.92 Å². The predicted molar refractivity (Wildman–Crippen MR) is 163 cm³/mol. The lowest BCUT2D eigenvalue weighted by atomic mass is 10.0. The Bertz CT molecular complexity index is 1490. The van der Waals surface area contributed by atoms with Gasteiger partial charge in [-0.1, -0.05) is 12.1 Å². The van der Waals surface area contributed by atoms with Crippen LogP contribution in [0.1, 0.15) is 71.4 Å². The van der Waals surface area contributed by atoms with E-state index in [1.807, 2.05) is 19.1 Å². The van der Waals surface area contributed by atoms with Gasteiger partial charge in [0.25, 0.3) is 5.91 Å². The number of carbonyl (C=O) groups excluding carboxylic acids is 4. The maximum atomic E-state index is 13.4. The third-order valence-electron chi connectivity index (χ3n) is 8.28. The Balaban J connectivity index is 1.04. The minimum Gasteiger partial charge on any atom is -0.491 e. The van der Waals surface area contributed by atoms with Crippen LogP contribution >= 0.6 is 11.3 Å². The first-order valence-corrected chi connectivity index (χ1v) is 16.0. The van der Waals surface area contributed by atoms with Gasteiger partial charge in [0, 0.05) is 17.6 Å². The highest BCUT2D eigenvalue weighted by atomic mass is 32.1. The number of thiazole rings is 1. The maximum absolute atomic E-state index is 13.4. The number of likely N-dealkylation sites (tertiary alicyclic amines) is 1. The Morgan fingerprint density at radius 3 is 2.52 bits per heavy atom. The zero-order valence-corrected chi connectivity index (χ0v) is 25.4. The molecular weight excluding hydrogens is 582 g/mol. The molecule has 1 saturated carbocycles. The number of piperidine rings is 1. The first-order valence-electron chi connectivity index (χ1n) is 15.1. The Kier molecular flexibility index (Phi) is 8.92. The van der Waals surface area contributed by atoms with Crippen LogP contribution in [0.2, 0.25) is 0 Å². The van der Waals surface area contributed by atoms with E-state index in [2.05, 4.69) is 17.1 Å². The number of benzene rings is 2. The van der Waals surface area contributed by atoms with E-state index in [1.165, 1.54) is 29.7 Å². The lowest BCUT2D eigenvalue weighted by Gasteiger charge is -2.33. The standard InChI is InChI=1S/C33H35N3O7S/c1-21(36(32(39)29-19-44-20-34-29)26-10-6-23(7-11-26)22-4-5-22)17-41-27-12-8-24(9-13-27)33(40)43-28-3-2-14-35(16-28)31(38)25-15-30(37)42-18-25/h6-13,19-22,25,28H,2-5,14-18H2,1H3/t21?,25-,28+/m1/s1. The number of cyclic esters (lactones) is 1. The summed E-state index contributed by atoms with van der Waals surface area (Å²) in [5.74, 6) is -0.427. The van der Waals surface area contributed by atoms with Gasteiger partial charge in [0.2, 0.25) is 5.91 Å². The van der Waals surface area contributed by atoms with Gasteiger partial charge < -0.3 is 24.0 Å². The second kappa shape index (κ2) is 13.2. The van der Waals surface area contributed by atoms with Crippen LogP contribution in [0.4, 0.5) is 5.69 Å². The molecule has 0 radical (unpaired) electrons. The molecule has 44 heavy (non-hydrogen) atoms. The number of amides is 2. The number of carbonyl (C=O) groups is 4. The van der Waals surface area contributed by atoms with E-state index in [0.717, 1.165) is 5.69 Å². The van der Waals surface area contributed by atoms with E-state index in [0.29, 0.717) is 48.9 Å². The molecule has 1 aliphatic carbocycles. The van der Waals surface area contributed by atoms with Crippen molar-refractivity contribution < 1.29 is 33.4 Å². The Morgan fingerprint density at radius 2 is 1.86 bits per heavy atom. The molecule has 3 aliphatic rings. The van der Waals surface area contributed by atoms with Crippen molar-refractivity contribution in [3.8, 4) is 5.75 Å². The van der Waals surface area contributed by atoms with Crippen molar-refractivity contribution >= 4 is 40.8 Å². The van der Waals surface area contributed by atoms with Gasteiger partial charge in [0.15, 0.2) is 0 Å². The van der Waals surface area contributed by atoms with Gasteiger partial charge in [-0.2, -0.15) is 0 Å². The summed E-state index contributed by atoms with van der Waals surface area (Å²) in [6.45, 7) is 3.14. The Morgan fingerprint density at radius 1 is 1.09 bits per heavy atom. The minimum absolute atomic E-state index is 0.0978. The van der Waals surface area contributed by atoms with Crippen molar-refractivity contribution in [3.05, 3.63) is 76.2 Å². The number of nitrogens with zero attached hydrogens (tertiary/aromatic N) is 3. The van der Waals surface area contributed by atoms with E-state index < -0.39 is 18.0 Å². The fourth-order valence-electron chi connectivity index (χ4n) is 5.70. The topological polar surface area (TPSA) is 115 Å². The summed E-state index contributed by atoms with van der Waals surface area (Å²) in [6.07, 6.45) is 3.47. The summed E-state index contributed by atoms with van der Waals surface area (Å²) in [7, 11) is 0. The highest BCUT2D eigenvalue weighted by Gasteiger charge is 2.36. The molecule has 10 nitrogen and oxygen atoms in total. The van der Waals surface area contributed by atoms with Gasteiger partial charge in [-0.15, -0.1) is 11.3 Å². The zero-order valence-electron chi connectivity index (χ0n) is 24.6. The Hall–Kier alpha value is -4.25. The second-order valence-corrected chi connectivity index (χ2v) is 12.4. The molecule has 11 heteroatoms. The first-order chi connectivity index (χ1) is 21.4. The fourth-order valence-corrected chi connectivity index (χ4v) is 6.23. The van der Waals surface area contributed by atoms with E-state index >= 15 is 0 Å². The molecule has 1 aromatic heterocycles. The molecule has 2 amide bonds. The second-order valence-electron chi connectivity index (χ2n) is 11.6. The van der Waals surface area contributed by atoms with Gasteiger partial charge in [-0.05, 0) is 80.5 Å². The molecule has 0 bridgehead atoms. The van der Waals surface area contributed by atoms with Crippen LogP contribution in [0.5, 0.6) is 5.75 Å². The number of ether oxygens (including phenoxy) is 3. The molecule has 3 heterocycles. The molecule has 2 aliphatic heterocycles. The van der Waals surface area contributed by atoms with Crippen LogP contribution in [0.3, 0.4) is 0 Å². The van der Waals surface area contributed by atoms with E-state index in [4.69, 9.17) is 14.2 Å². The summed E-state index contributed by atoms with van der Waals surface area (Å²) in [4.78, 5) is 58.1. The molecule has 1 unspecified atom stereocenters. The Labute approximate surface area is 259 Å². The molecule has 6 rings (SSSR count). The average Bonchev–Trinajstić information content (AvgIpc) is 3.55. The summed E-state index contributed by atoms with van der Waals surface area (Å²) in [6, 6.07) is 14.5. The molecule has 230 valence electrons. The highest BCUT2D eigenvalue weighted by molar-refractivity contribution is 7.07. The first kappa shape index (κ1) is 29.8. The van der Waals surface area contributed by atoms with Gasteiger partial charge in [-0.3, -0.25) is 14.4 Å². The number of anilines is 1. The van der Waals surface area contributed by atoms with Crippen LogP contribution in [0.15, 0.2) is 59.4 Å². The smallest absolute Gasteiger partial charge is 0.338 e. The lowest BCUT2D eigenvalue weighted by molar-refractivity contribution is -0.139. The minimum atomic E-state index is -0.474. The molecule has 2 aromatic carbocycles. The van der Waals surface area contributed by atoms with Crippen molar-refractivity contribution in [2.24, 2.45) is 5.92 Å². The highest BCUT2D eigenvalue weighted by Crippen LogP contribution is 2.40. The number of rotatable bonds is 10. The summed E-state index contributed by atoms with van der Waals surface area (Å²) >= 11 is 1.38. The van der Waals surface area contributed by atoms with E-state index in [9.17, 15) is 19.2 Å². The monoisotopic (exact) mass is 617 g/mol. The van der Waals surface area contributed by atoms with E-state index in [-0.39, 0.29) is 43.5 Å². The molecular formula is C33H35N3O7S. The quantitative estimate of drug-likeness (QED) is 0.297. The third-order valence-corrected chi connectivity index (χ3v) is 8.87. The number of esters is 2. The van der Waals surface area contributed by atoms with E-state index in [1.54, 1.807) is 45.0 Å². The fraction of sp³-hybridized carbons (Fsp3) is 0.424. The molecule has 0 N–H and O–H groups in total. The maximum Gasteiger partial charge on any atom is 0.338 e. The van der Waals surface area contributed by atoms with Gasteiger partial charge in [0.05, 0.1) is 36.0 Å². The molecule has 3 atom stereocenters. The zero-order chi connectivity index (χ0) is 30.6. The SMILES string of the molecule is CC(COc1ccc(C(=O)O[C@H]2CCCN(C(=O)[C@H]3COC(=O)C3)C2)cc1)N(C(=O)c1cscn1)c1ccc(C2CC2)cc1. The average molecular weight is 618 g/mol. The summed E-state index contributed by atoms with van der Waals surface area (Å²) in [5, 5.41) is 1.74.